The van der Waals surface area contributed by atoms with E-state index in [1.54, 1.807) is 6.07 Å². The zero-order valence-electron chi connectivity index (χ0n) is 9.88. The van der Waals surface area contributed by atoms with Gasteiger partial charge in [-0.25, -0.2) is 0 Å². The zero-order valence-corrected chi connectivity index (χ0v) is 10.6. The van der Waals surface area contributed by atoms with Crippen molar-refractivity contribution in [2.24, 2.45) is 0 Å². The van der Waals surface area contributed by atoms with E-state index in [4.69, 9.17) is 11.6 Å². The molecule has 1 aromatic carbocycles. The van der Waals surface area contributed by atoms with Crippen LogP contribution < -0.4 is 5.56 Å². The highest BCUT2D eigenvalue weighted by atomic mass is 35.5. The van der Waals surface area contributed by atoms with E-state index >= 15 is 0 Å². The Hall–Kier alpha value is -1.54. The Morgan fingerprint density at radius 1 is 1.18 bits per heavy atom. The Bertz CT molecular complexity index is 601. The standard InChI is InChI=1S/C14H14ClNO/c1-9-3-4-10(2)12(7-9)13-6-5-11(8-15)14(17)16-13/h3-7H,8H2,1-2H3,(H,16,17). The average molecular weight is 248 g/mol. The van der Waals surface area contributed by atoms with E-state index in [0.717, 1.165) is 16.8 Å². The Balaban J connectivity index is 2.57. The van der Waals surface area contributed by atoms with Gasteiger partial charge in [0.15, 0.2) is 0 Å². The van der Waals surface area contributed by atoms with Crippen molar-refractivity contribution >= 4 is 11.6 Å². The summed E-state index contributed by atoms with van der Waals surface area (Å²) in [6.45, 7) is 4.07. The maximum atomic E-state index is 11.7. The molecule has 0 amide bonds. The smallest absolute Gasteiger partial charge is 0.252 e. The maximum Gasteiger partial charge on any atom is 0.252 e. The maximum absolute atomic E-state index is 11.7. The fraction of sp³-hybridized carbons (Fsp3) is 0.214. The minimum Gasteiger partial charge on any atom is -0.322 e. The summed E-state index contributed by atoms with van der Waals surface area (Å²) in [7, 11) is 0. The summed E-state index contributed by atoms with van der Waals surface area (Å²) in [6.07, 6.45) is 0. The van der Waals surface area contributed by atoms with Crippen molar-refractivity contribution < 1.29 is 0 Å². The lowest BCUT2D eigenvalue weighted by Gasteiger charge is -2.07. The SMILES string of the molecule is Cc1ccc(C)c(-c2ccc(CCl)c(=O)[nH]2)c1. The molecule has 1 heterocycles. The van der Waals surface area contributed by atoms with Crippen LogP contribution in [-0.2, 0) is 5.88 Å². The second-order valence-corrected chi connectivity index (χ2v) is 4.45. The second-order valence-electron chi connectivity index (χ2n) is 4.18. The minimum absolute atomic E-state index is 0.113. The van der Waals surface area contributed by atoms with E-state index in [-0.39, 0.29) is 11.4 Å². The van der Waals surface area contributed by atoms with Crippen LogP contribution in [0.1, 0.15) is 16.7 Å². The molecule has 2 nitrogen and oxygen atoms in total. The third kappa shape index (κ3) is 2.42. The third-order valence-electron chi connectivity index (χ3n) is 2.82. The Kier molecular flexibility index (Phi) is 3.34. The molecule has 0 saturated carbocycles. The number of hydrogen-bond acceptors (Lipinski definition) is 1. The molecule has 1 aromatic heterocycles. The lowest BCUT2D eigenvalue weighted by Crippen LogP contribution is -2.11. The summed E-state index contributed by atoms with van der Waals surface area (Å²) in [5, 5.41) is 0. The molecule has 88 valence electrons. The highest BCUT2D eigenvalue weighted by molar-refractivity contribution is 6.17. The summed E-state index contributed by atoms with van der Waals surface area (Å²) in [4.78, 5) is 14.6. The molecule has 3 heteroatoms. The highest BCUT2D eigenvalue weighted by Crippen LogP contribution is 2.21. The summed E-state index contributed by atoms with van der Waals surface area (Å²) in [6, 6.07) is 9.87. The molecule has 0 aliphatic rings. The lowest BCUT2D eigenvalue weighted by atomic mass is 10.0. The summed E-state index contributed by atoms with van der Waals surface area (Å²) in [5.41, 5.74) is 4.70. The molecule has 0 saturated heterocycles. The number of H-pyrrole nitrogens is 1. The van der Waals surface area contributed by atoms with Crippen molar-refractivity contribution in [1.29, 1.82) is 0 Å². The first kappa shape index (κ1) is 11.9. The fourth-order valence-corrected chi connectivity index (χ4v) is 2.00. The molecule has 2 rings (SSSR count). The van der Waals surface area contributed by atoms with Gasteiger partial charge in [0.2, 0.25) is 0 Å². The van der Waals surface area contributed by atoms with Gasteiger partial charge >= 0.3 is 0 Å². The van der Waals surface area contributed by atoms with Gasteiger partial charge in [-0.2, -0.15) is 0 Å². The minimum atomic E-state index is -0.113. The molecule has 0 bridgehead atoms. The van der Waals surface area contributed by atoms with Crippen LogP contribution in [0.2, 0.25) is 0 Å². The van der Waals surface area contributed by atoms with Crippen molar-refractivity contribution in [1.82, 2.24) is 4.98 Å². The van der Waals surface area contributed by atoms with Gasteiger partial charge in [-0.1, -0.05) is 23.8 Å². The lowest BCUT2D eigenvalue weighted by molar-refractivity contribution is 1.16. The van der Waals surface area contributed by atoms with Crippen LogP contribution in [0.25, 0.3) is 11.3 Å². The first-order valence-corrected chi connectivity index (χ1v) is 6.01. The molecule has 17 heavy (non-hydrogen) atoms. The molecule has 0 atom stereocenters. The number of benzene rings is 1. The van der Waals surface area contributed by atoms with E-state index in [1.165, 1.54) is 5.56 Å². The number of halogens is 1. The molecular formula is C14H14ClNO. The number of rotatable bonds is 2. The number of hydrogen-bond donors (Lipinski definition) is 1. The predicted molar refractivity (Wildman–Crippen MR) is 71.5 cm³/mol. The summed E-state index contributed by atoms with van der Waals surface area (Å²) in [5.74, 6) is 0.239. The predicted octanol–water partition coefficient (Wildman–Crippen LogP) is 3.40. The van der Waals surface area contributed by atoms with Gasteiger partial charge < -0.3 is 4.98 Å². The van der Waals surface area contributed by atoms with E-state index in [9.17, 15) is 4.79 Å². The van der Waals surface area contributed by atoms with Crippen LogP contribution >= 0.6 is 11.6 Å². The van der Waals surface area contributed by atoms with Gasteiger partial charge in [-0.05, 0) is 31.5 Å². The van der Waals surface area contributed by atoms with Crippen molar-refractivity contribution in [3.63, 3.8) is 0 Å². The molecule has 0 unspecified atom stereocenters. The largest absolute Gasteiger partial charge is 0.322 e. The highest BCUT2D eigenvalue weighted by Gasteiger charge is 2.05. The van der Waals surface area contributed by atoms with Gasteiger partial charge in [0.1, 0.15) is 0 Å². The molecule has 0 spiro atoms. The summed E-state index contributed by atoms with van der Waals surface area (Å²) >= 11 is 5.67. The average Bonchev–Trinajstić information content (AvgIpc) is 2.32. The van der Waals surface area contributed by atoms with Crippen LogP contribution in [0.4, 0.5) is 0 Å². The van der Waals surface area contributed by atoms with Gasteiger partial charge in [-0.15, -0.1) is 11.6 Å². The van der Waals surface area contributed by atoms with Crippen LogP contribution in [0, 0.1) is 13.8 Å². The van der Waals surface area contributed by atoms with Crippen molar-refractivity contribution in [3.05, 3.63) is 57.4 Å². The molecular weight excluding hydrogens is 234 g/mol. The van der Waals surface area contributed by atoms with Crippen molar-refractivity contribution in [3.8, 4) is 11.3 Å². The third-order valence-corrected chi connectivity index (χ3v) is 3.11. The number of aromatic amines is 1. The van der Waals surface area contributed by atoms with Crippen LogP contribution in [0.15, 0.2) is 35.1 Å². The van der Waals surface area contributed by atoms with Crippen molar-refractivity contribution in [2.75, 3.05) is 0 Å². The Morgan fingerprint density at radius 2 is 1.94 bits per heavy atom. The number of pyridine rings is 1. The van der Waals surface area contributed by atoms with Crippen LogP contribution in [-0.4, -0.2) is 4.98 Å². The van der Waals surface area contributed by atoms with Crippen LogP contribution in [0.5, 0.6) is 0 Å². The molecule has 1 N–H and O–H groups in total. The van der Waals surface area contributed by atoms with E-state index in [0.29, 0.717) is 5.56 Å². The van der Waals surface area contributed by atoms with E-state index in [1.807, 2.05) is 19.9 Å². The number of nitrogens with one attached hydrogen (secondary N) is 1. The molecule has 0 radical (unpaired) electrons. The van der Waals surface area contributed by atoms with Gasteiger partial charge in [-0.3, -0.25) is 4.79 Å². The monoisotopic (exact) mass is 247 g/mol. The van der Waals surface area contributed by atoms with E-state index in [2.05, 4.69) is 23.2 Å². The van der Waals surface area contributed by atoms with Crippen LogP contribution in [0.3, 0.4) is 0 Å². The molecule has 0 fully saturated rings. The first-order chi connectivity index (χ1) is 8.11. The van der Waals surface area contributed by atoms with E-state index < -0.39 is 0 Å². The van der Waals surface area contributed by atoms with Gasteiger partial charge in [0, 0.05) is 16.8 Å². The summed E-state index contributed by atoms with van der Waals surface area (Å²) < 4.78 is 0. The topological polar surface area (TPSA) is 32.9 Å². The first-order valence-electron chi connectivity index (χ1n) is 5.47. The normalized spacial score (nSPS) is 10.5. The molecule has 0 aliphatic carbocycles. The fourth-order valence-electron chi connectivity index (χ4n) is 1.79. The van der Waals surface area contributed by atoms with Crippen molar-refractivity contribution in [2.45, 2.75) is 19.7 Å². The Labute approximate surface area is 105 Å². The second kappa shape index (κ2) is 4.76. The zero-order chi connectivity index (χ0) is 12.4. The molecule has 2 aromatic rings. The number of alkyl halides is 1. The quantitative estimate of drug-likeness (QED) is 0.811. The number of aromatic nitrogens is 1. The Morgan fingerprint density at radius 3 is 2.59 bits per heavy atom. The molecule has 0 aliphatic heterocycles. The number of aryl methyl sites for hydroxylation is 2. The van der Waals surface area contributed by atoms with Gasteiger partial charge in [0.25, 0.3) is 5.56 Å². The van der Waals surface area contributed by atoms with Gasteiger partial charge in [0.05, 0.1) is 5.88 Å².